The molecular formula is C29H40ClF3N4O2. The second-order valence-corrected chi connectivity index (χ2v) is 11.0. The molecule has 0 spiro atoms. The largest absolute Gasteiger partial charge is 0.496 e. The molecule has 2 aromatic rings. The van der Waals surface area contributed by atoms with E-state index in [1.807, 2.05) is 43.7 Å². The molecule has 216 valence electrons. The third kappa shape index (κ3) is 7.58. The van der Waals surface area contributed by atoms with Crippen LogP contribution in [-0.4, -0.2) is 69.1 Å². The minimum Gasteiger partial charge on any atom is -0.496 e. The van der Waals surface area contributed by atoms with Crippen LogP contribution in [0.15, 0.2) is 36.4 Å². The Labute approximate surface area is 234 Å². The van der Waals surface area contributed by atoms with Crippen molar-refractivity contribution in [1.82, 2.24) is 9.80 Å². The lowest BCUT2D eigenvalue weighted by molar-refractivity contribution is -0.138. The lowest BCUT2D eigenvalue weighted by Crippen LogP contribution is -2.50. The monoisotopic (exact) mass is 568 g/mol. The predicted molar refractivity (Wildman–Crippen MR) is 150 cm³/mol. The summed E-state index contributed by atoms with van der Waals surface area (Å²) in [7, 11) is 3.48. The average Bonchev–Trinajstić information content (AvgIpc) is 2.88. The van der Waals surface area contributed by atoms with Gasteiger partial charge in [0, 0.05) is 61.9 Å². The Bertz CT molecular complexity index is 1120. The highest BCUT2D eigenvalue weighted by Crippen LogP contribution is 2.39. The number of hydrogen-bond acceptors (Lipinski definition) is 5. The van der Waals surface area contributed by atoms with Gasteiger partial charge >= 0.3 is 6.18 Å². The van der Waals surface area contributed by atoms with E-state index in [-0.39, 0.29) is 23.8 Å². The molecule has 3 rings (SSSR count). The Kier molecular flexibility index (Phi) is 10.5. The van der Waals surface area contributed by atoms with Crippen LogP contribution in [0.3, 0.4) is 0 Å². The van der Waals surface area contributed by atoms with E-state index < -0.39 is 11.7 Å². The number of alkyl halides is 3. The fourth-order valence-corrected chi connectivity index (χ4v) is 5.65. The van der Waals surface area contributed by atoms with Crippen LogP contribution in [0.4, 0.5) is 18.9 Å². The number of amides is 1. The molecule has 6 nitrogen and oxygen atoms in total. The normalized spacial score (nSPS) is 16.1. The molecule has 2 N–H and O–H groups in total. The lowest BCUT2D eigenvalue weighted by atomic mass is 9.91. The number of piperazine rings is 1. The zero-order valence-electron chi connectivity index (χ0n) is 23.4. The molecule has 10 heteroatoms. The predicted octanol–water partition coefficient (Wildman–Crippen LogP) is 5.48. The maximum atomic E-state index is 13.7. The number of methoxy groups -OCH3 is 1. The Morgan fingerprint density at radius 2 is 1.77 bits per heavy atom. The third-order valence-corrected chi connectivity index (χ3v) is 7.63. The fourth-order valence-electron chi connectivity index (χ4n) is 5.49. The van der Waals surface area contributed by atoms with Crippen LogP contribution in [0.2, 0.25) is 5.02 Å². The van der Waals surface area contributed by atoms with E-state index in [1.54, 1.807) is 25.3 Å². The molecule has 1 amide bonds. The van der Waals surface area contributed by atoms with Crippen molar-refractivity contribution < 1.29 is 22.7 Å². The summed E-state index contributed by atoms with van der Waals surface area (Å²) in [6.07, 6.45) is -3.92. The van der Waals surface area contributed by atoms with E-state index in [4.69, 9.17) is 22.1 Å². The Morgan fingerprint density at radius 3 is 2.33 bits per heavy atom. The third-order valence-electron chi connectivity index (χ3n) is 7.39. The topological polar surface area (TPSA) is 62.0 Å². The number of nitrogens with two attached hydrogens (primary N) is 1. The van der Waals surface area contributed by atoms with Crippen LogP contribution in [0, 0.1) is 11.8 Å². The van der Waals surface area contributed by atoms with Crippen LogP contribution in [-0.2, 0) is 17.4 Å². The second-order valence-electron chi connectivity index (χ2n) is 10.6. The molecule has 1 aliphatic heterocycles. The maximum Gasteiger partial charge on any atom is 0.416 e. The van der Waals surface area contributed by atoms with E-state index in [1.165, 1.54) is 6.07 Å². The number of carbonyl (C=O) groups excluding carboxylic acids is 1. The molecule has 0 bridgehead atoms. The number of likely N-dealkylation sites (N-methyl/N-ethyl adjacent to an activating group) is 1. The van der Waals surface area contributed by atoms with Gasteiger partial charge < -0.3 is 20.3 Å². The molecule has 0 unspecified atom stereocenters. The summed E-state index contributed by atoms with van der Waals surface area (Å²) in [5.41, 5.74) is 7.45. The van der Waals surface area contributed by atoms with E-state index >= 15 is 0 Å². The SMILES string of the molecule is COc1cc(Cl)ccc1C[C@@H](C)C(=O)N1CCN(c2ccc(C(F)(F)F)cc2[C@H](C(C)C)N(C)CCN)CC1. The number of halogens is 4. The van der Waals surface area contributed by atoms with E-state index in [9.17, 15) is 18.0 Å². The molecule has 1 aliphatic rings. The van der Waals surface area contributed by atoms with Crippen LogP contribution >= 0.6 is 11.6 Å². The van der Waals surface area contributed by atoms with Crippen LogP contribution in [0.5, 0.6) is 5.75 Å². The quantitative estimate of drug-likeness (QED) is 0.411. The minimum absolute atomic E-state index is 0.0435. The molecule has 1 heterocycles. The number of benzene rings is 2. The average molecular weight is 569 g/mol. The summed E-state index contributed by atoms with van der Waals surface area (Å²) >= 11 is 6.07. The van der Waals surface area contributed by atoms with Gasteiger partial charge in [-0.2, -0.15) is 13.2 Å². The minimum atomic E-state index is -4.44. The maximum absolute atomic E-state index is 13.7. The lowest BCUT2D eigenvalue weighted by Gasteiger charge is -2.40. The standard InChI is InChI=1S/C29H40ClF3N4O2/c1-19(2)27(35(4)11-10-34)24-17-22(29(31,32)33)7-9-25(24)36-12-14-37(15-13-36)28(38)20(3)16-21-6-8-23(30)18-26(21)39-5/h6-9,17-20,27H,10-16,34H2,1-5H3/t20-,27+/m1/s1. The number of hydrogen-bond donors (Lipinski definition) is 1. The highest BCUT2D eigenvalue weighted by Gasteiger charge is 2.35. The van der Waals surface area contributed by atoms with Crippen molar-refractivity contribution in [2.45, 2.75) is 39.4 Å². The molecule has 39 heavy (non-hydrogen) atoms. The van der Waals surface area contributed by atoms with Gasteiger partial charge in [0.15, 0.2) is 0 Å². The molecule has 2 atom stereocenters. The molecule has 1 saturated heterocycles. The molecular weight excluding hydrogens is 529 g/mol. The fraction of sp³-hybridized carbons (Fsp3) is 0.552. The number of ether oxygens (including phenoxy) is 1. The summed E-state index contributed by atoms with van der Waals surface area (Å²) in [5, 5.41) is 0.572. The van der Waals surface area contributed by atoms with Gasteiger partial charge in [-0.1, -0.05) is 38.4 Å². The first-order chi connectivity index (χ1) is 18.4. The van der Waals surface area contributed by atoms with E-state index in [2.05, 4.69) is 4.90 Å². The molecule has 0 radical (unpaired) electrons. The van der Waals surface area contributed by atoms with E-state index in [0.29, 0.717) is 62.0 Å². The molecule has 1 fully saturated rings. The first kappa shape index (κ1) is 31.0. The van der Waals surface area contributed by atoms with Crippen molar-refractivity contribution >= 4 is 23.2 Å². The van der Waals surface area contributed by atoms with Crippen molar-refractivity contribution in [2.24, 2.45) is 17.6 Å². The van der Waals surface area contributed by atoms with Gasteiger partial charge in [0.1, 0.15) is 5.75 Å². The molecule has 0 aliphatic carbocycles. The van der Waals surface area contributed by atoms with E-state index in [0.717, 1.165) is 17.3 Å². The highest BCUT2D eigenvalue weighted by atomic mass is 35.5. The zero-order chi connectivity index (χ0) is 28.9. The van der Waals surface area contributed by atoms with Crippen molar-refractivity contribution in [3.05, 3.63) is 58.1 Å². The molecule has 0 saturated carbocycles. The van der Waals surface area contributed by atoms with Crippen molar-refractivity contribution in [2.75, 3.05) is 58.3 Å². The Morgan fingerprint density at radius 1 is 1.10 bits per heavy atom. The van der Waals surface area contributed by atoms with Crippen LogP contribution in [0.25, 0.3) is 0 Å². The van der Waals surface area contributed by atoms with Crippen LogP contribution in [0.1, 0.15) is 43.5 Å². The van der Waals surface area contributed by atoms with Crippen LogP contribution < -0.4 is 15.4 Å². The van der Waals surface area contributed by atoms with Gasteiger partial charge in [-0.25, -0.2) is 0 Å². The van der Waals surface area contributed by atoms with Crippen molar-refractivity contribution in [3.8, 4) is 5.75 Å². The molecule has 0 aromatic heterocycles. The number of anilines is 1. The summed E-state index contributed by atoms with van der Waals surface area (Å²) in [4.78, 5) is 19.3. The van der Waals surface area contributed by atoms with Gasteiger partial charge in [-0.3, -0.25) is 9.69 Å². The second kappa shape index (κ2) is 13.2. The van der Waals surface area contributed by atoms with Gasteiger partial charge in [0.2, 0.25) is 5.91 Å². The van der Waals surface area contributed by atoms with Gasteiger partial charge in [0.25, 0.3) is 0 Å². The summed E-state index contributed by atoms with van der Waals surface area (Å²) in [6, 6.07) is 9.18. The first-order valence-electron chi connectivity index (χ1n) is 13.3. The highest BCUT2D eigenvalue weighted by molar-refractivity contribution is 6.30. The summed E-state index contributed by atoms with van der Waals surface area (Å²) in [6.45, 7) is 8.95. The Hall–Kier alpha value is -2.49. The number of carbonyl (C=O) groups is 1. The van der Waals surface area contributed by atoms with Crippen molar-refractivity contribution in [1.29, 1.82) is 0 Å². The van der Waals surface area contributed by atoms with Gasteiger partial charge in [0.05, 0.1) is 12.7 Å². The van der Waals surface area contributed by atoms with Gasteiger partial charge in [-0.15, -0.1) is 0 Å². The smallest absolute Gasteiger partial charge is 0.416 e. The molecule has 2 aromatic carbocycles. The first-order valence-corrected chi connectivity index (χ1v) is 13.7. The number of rotatable bonds is 10. The number of nitrogens with zero attached hydrogens (tertiary/aromatic N) is 3. The Balaban J connectivity index is 1.79. The van der Waals surface area contributed by atoms with Crippen molar-refractivity contribution in [3.63, 3.8) is 0 Å². The zero-order valence-corrected chi connectivity index (χ0v) is 24.1. The summed E-state index contributed by atoms with van der Waals surface area (Å²) in [5.74, 6) is 0.504. The van der Waals surface area contributed by atoms with Gasteiger partial charge in [-0.05, 0) is 60.8 Å². The summed E-state index contributed by atoms with van der Waals surface area (Å²) < 4.78 is 46.5.